The summed E-state index contributed by atoms with van der Waals surface area (Å²) in [7, 11) is 0. The maximum Gasteiger partial charge on any atom is 0.165 e. The Kier molecular flexibility index (Phi) is 3.36. The van der Waals surface area contributed by atoms with Gasteiger partial charge in [-0.3, -0.25) is 4.79 Å². The Bertz CT molecular complexity index is 506. The van der Waals surface area contributed by atoms with Crippen LogP contribution in [0.1, 0.15) is 75.9 Å². The highest BCUT2D eigenvalue weighted by Gasteiger charge is 2.37. The largest absolute Gasteiger partial charge is 0.294 e. The standard InChI is InChI=1S/C18H26O/c1-12(2)16(19)13-7-8-14-15(11-13)18(5,6)10-9-17(14,3)4/h7-8,11-12H,9-10H2,1-6H3. The van der Waals surface area contributed by atoms with Crippen molar-refractivity contribution in [3.8, 4) is 0 Å². The molecule has 0 bridgehead atoms. The third-order valence-corrected chi connectivity index (χ3v) is 4.66. The van der Waals surface area contributed by atoms with Crippen molar-refractivity contribution >= 4 is 5.78 Å². The Morgan fingerprint density at radius 1 is 1.00 bits per heavy atom. The fourth-order valence-corrected chi connectivity index (χ4v) is 3.08. The predicted octanol–water partition coefficient (Wildman–Crippen LogP) is 4.87. The van der Waals surface area contributed by atoms with E-state index in [1.807, 2.05) is 19.9 Å². The van der Waals surface area contributed by atoms with Crippen LogP contribution in [-0.4, -0.2) is 5.78 Å². The molecule has 0 heterocycles. The Morgan fingerprint density at radius 2 is 1.53 bits per heavy atom. The zero-order valence-corrected chi connectivity index (χ0v) is 13.1. The first-order chi connectivity index (χ1) is 8.65. The van der Waals surface area contributed by atoms with Crippen molar-refractivity contribution in [2.45, 2.75) is 65.2 Å². The average molecular weight is 258 g/mol. The molecule has 0 saturated heterocycles. The molecule has 1 heteroatoms. The fraction of sp³-hybridized carbons (Fsp3) is 0.611. The van der Waals surface area contributed by atoms with Gasteiger partial charge in [0.05, 0.1) is 0 Å². The van der Waals surface area contributed by atoms with E-state index in [1.165, 1.54) is 24.0 Å². The molecule has 0 aliphatic heterocycles. The lowest BCUT2D eigenvalue weighted by atomic mass is 9.63. The van der Waals surface area contributed by atoms with Crippen LogP contribution in [0.2, 0.25) is 0 Å². The van der Waals surface area contributed by atoms with E-state index in [-0.39, 0.29) is 22.5 Å². The molecule has 1 aromatic carbocycles. The number of carbonyl (C=O) groups is 1. The zero-order chi connectivity index (χ0) is 14.4. The molecule has 0 unspecified atom stereocenters. The van der Waals surface area contributed by atoms with Gasteiger partial charge in [0.1, 0.15) is 0 Å². The summed E-state index contributed by atoms with van der Waals surface area (Å²) in [6.07, 6.45) is 2.40. The molecule has 1 aliphatic carbocycles. The predicted molar refractivity (Wildman–Crippen MR) is 80.9 cm³/mol. The normalized spacial score (nSPS) is 20.2. The molecule has 1 aromatic rings. The minimum absolute atomic E-state index is 0.0674. The van der Waals surface area contributed by atoms with E-state index in [2.05, 4.69) is 39.8 Å². The number of carbonyl (C=O) groups excluding carboxylic acids is 1. The summed E-state index contributed by atoms with van der Waals surface area (Å²) in [6, 6.07) is 6.36. The average Bonchev–Trinajstić information content (AvgIpc) is 2.33. The number of hydrogen-bond acceptors (Lipinski definition) is 1. The van der Waals surface area contributed by atoms with Crippen LogP contribution in [0.4, 0.5) is 0 Å². The maximum atomic E-state index is 12.2. The Morgan fingerprint density at radius 3 is 2.05 bits per heavy atom. The third kappa shape index (κ3) is 2.48. The number of ketones is 1. The lowest BCUT2D eigenvalue weighted by molar-refractivity contribution is 0.0939. The monoisotopic (exact) mass is 258 g/mol. The van der Waals surface area contributed by atoms with Gasteiger partial charge in [-0.25, -0.2) is 0 Å². The summed E-state index contributed by atoms with van der Waals surface area (Å²) < 4.78 is 0. The Balaban J connectivity index is 2.57. The number of benzene rings is 1. The van der Waals surface area contributed by atoms with Crippen molar-refractivity contribution < 1.29 is 4.79 Å². The van der Waals surface area contributed by atoms with E-state index in [0.29, 0.717) is 0 Å². The highest BCUT2D eigenvalue weighted by atomic mass is 16.1. The summed E-state index contributed by atoms with van der Waals surface area (Å²) in [6.45, 7) is 13.2. The SMILES string of the molecule is CC(C)C(=O)c1ccc2c(c1)C(C)(C)CCC2(C)C. The molecule has 0 atom stereocenters. The second-order valence-electron chi connectivity index (χ2n) is 7.55. The van der Waals surface area contributed by atoms with Gasteiger partial charge in [0.2, 0.25) is 0 Å². The van der Waals surface area contributed by atoms with Crippen molar-refractivity contribution in [1.29, 1.82) is 0 Å². The van der Waals surface area contributed by atoms with Crippen molar-refractivity contribution in [3.63, 3.8) is 0 Å². The van der Waals surface area contributed by atoms with Crippen molar-refractivity contribution in [1.82, 2.24) is 0 Å². The van der Waals surface area contributed by atoms with Crippen LogP contribution in [0.15, 0.2) is 18.2 Å². The van der Waals surface area contributed by atoms with Gasteiger partial charge >= 0.3 is 0 Å². The quantitative estimate of drug-likeness (QED) is 0.691. The van der Waals surface area contributed by atoms with Gasteiger partial charge in [-0.1, -0.05) is 53.7 Å². The third-order valence-electron chi connectivity index (χ3n) is 4.66. The van der Waals surface area contributed by atoms with Crippen LogP contribution in [0.5, 0.6) is 0 Å². The van der Waals surface area contributed by atoms with Crippen LogP contribution in [0, 0.1) is 5.92 Å². The first-order valence-electron chi connectivity index (χ1n) is 7.34. The van der Waals surface area contributed by atoms with Crippen molar-refractivity contribution in [2.75, 3.05) is 0 Å². The summed E-state index contributed by atoms with van der Waals surface area (Å²) in [5.74, 6) is 0.319. The Labute approximate surface area is 117 Å². The summed E-state index contributed by atoms with van der Waals surface area (Å²) in [5, 5.41) is 0. The van der Waals surface area contributed by atoms with E-state index >= 15 is 0 Å². The van der Waals surface area contributed by atoms with Crippen LogP contribution in [0.3, 0.4) is 0 Å². The molecule has 0 fully saturated rings. The lowest BCUT2D eigenvalue weighted by Crippen LogP contribution is -2.34. The second-order valence-corrected chi connectivity index (χ2v) is 7.55. The molecule has 0 aromatic heterocycles. The van der Waals surface area contributed by atoms with Crippen LogP contribution in [-0.2, 0) is 10.8 Å². The maximum absolute atomic E-state index is 12.2. The van der Waals surface area contributed by atoms with Crippen molar-refractivity contribution in [3.05, 3.63) is 34.9 Å². The van der Waals surface area contributed by atoms with Gasteiger partial charge in [-0.15, -0.1) is 0 Å². The molecule has 0 N–H and O–H groups in total. The smallest absolute Gasteiger partial charge is 0.165 e. The molecule has 2 rings (SSSR count). The zero-order valence-electron chi connectivity index (χ0n) is 13.1. The van der Waals surface area contributed by atoms with Crippen LogP contribution >= 0.6 is 0 Å². The molecule has 104 valence electrons. The lowest BCUT2D eigenvalue weighted by Gasteiger charge is -2.42. The first kappa shape index (κ1) is 14.3. The number of fused-ring (bicyclic) bond motifs is 1. The minimum atomic E-state index is 0.0674. The van der Waals surface area contributed by atoms with E-state index in [0.717, 1.165) is 5.56 Å². The molecule has 0 radical (unpaired) electrons. The topological polar surface area (TPSA) is 17.1 Å². The van der Waals surface area contributed by atoms with E-state index in [9.17, 15) is 4.79 Å². The van der Waals surface area contributed by atoms with Crippen LogP contribution < -0.4 is 0 Å². The van der Waals surface area contributed by atoms with Gasteiger partial charge in [-0.2, -0.15) is 0 Å². The number of rotatable bonds is 2. The van der Waals surface area contributed by atoms with E-state index < -0.39 is 0 Å². The molecular formula is C18H26O. The molecule has 0 spiro atoms. The van der Waals surface area contributed by atoms with Gasteiger partial charge in [-0.05, 0) is 40.9 Å². The van der Waals surface area contributed by atoms with Gasteiger partial charge in [0.15, 0.2) is 5.78 Å². The molecule has 0 saturated carbocycles. The molecule has 1 nitrogen and oxygen atoms in total. The highest BCUT2D eigenvalue weighted by Crippen LogP contribution is 2.45. The summed E-state index contributed by atoms with van der Waals surface area (Å²) >= 11 is 0. The van der Waals surface area contributed by atoms with Gasteiger partial charge < -0.3 is 0 Å². The van der Waals surface area contributed by atoms with Gasteiger partial charge in [0, 0.05) is 11.5 Å². The van der Waals surface area contributed by atoms with Gasteiger partial charge in [0.25, 0.3) is 0 Å². The Hall–Kier alpha value is -1.11. The van der Waals surface area contributed by atoms with Crippen molar-refractivity contribution in [2.24, 2.45) is 5.92 Å². The molecule has 1 aliphatic rings. The fourth-order valence-electron chi connectivity index (χ4n) is 3.08. The molecule has 19 heavy (non-hydrogen) atoms. The molecule has 0 amide bonds. The van der Waals surface area contributed by atoms with Crippen LogP contribution in [0.25, 0.3) is 0 Å². The summed E-state index contributed by atoms with van der Waals surface area (Å²) in [5.41, 5.74) is 4.07. The first-order valence-corrected chi connectivity index (χ1v) is 7.34. The van der Waals surface area contributed by atoms with E-state index in [4.69, 9.17) is 0 Å². The van der Waals surface area contributed by atoms with E-state index in [1.54, 1.807) is 0 Å². The second kappa shape index (κ2) is 4.47. The minimum Gasteiger partial charge on any atom is -0.294 e. The number of Topliss-reactive ketones (excluding diaryl/α,β-unsaturated/α-hetero) is 1. The molecular weight excluding hydrogens is 232 g/mol. The summed E-state index contributed by atoms with van der Waals surface area (Å²) in [4.78, 5) is 12.2. The highest BCUT2D eigenvalue weighted by molar-refractivity contribution is 5.97. The number of hydrogen-bond donors (Lipinski definition) is 0.